The van der Waals surface area contributed by atoms with Crippen molar-refractivity contribution in [3.8, 4) is 23.0 Å². The zero-order valence-corrected chi connectivity index (χ0v) is 29.4. The Morgan fingerprint density at radius 3 is 0.964 bits per heavy atom. The van der Waals surface area contributed by atoms with Crippen LogP contribution in [-0.4, -0.2) is 40.3 Å². The predicted octanol–water partition coefficient (Wildman–Crippen LogP) is 9.71. The molecule has 6 heterocycles. The van der Waals surface area contributed by atoms with E-state index in [-0.39, 0.29) is 0 Å². The van der Waals surface area contributed by atoms with Gasteiger partial charge in [-0.15, -0.1) is 20.4 Å². The Bertz CT molecular complexity index is 2570. The molecule has 0 aliphatic heterocycles. The third kappa shape index (κ3) is 7.47. The van der Waals surface area contributed by atoms with Crippen LogP contribution in [0.2, 0.25) is 0 Å². The van der Waals surface area contributed by atoms with Crippen LogP contribution in [-0.2, 0) is 0 Å². The van der Waals surface area contributed by atoms with E-state index in [1.165, 1.54) is 0 Å². The van der Waals surface area contributed by atoms with E-state index in [9.17, 15) is 0 Å². The van der Waals surface area contributed by atoms with Crippen LogP contribution >= 0.6 is 0 Å². The summed E-state index contributed by atoms with van der Waals surface area (Å²) in [6.07, 6.45) is 6.84. The standard InChI is InChI=1S/C42H30N12O2/c1-2-12-34(56-28-18-20-30-32(26-28)42(50-38-16-6-10-24-46-38)54-52-40(30)48-36-14-4-8-22-44-36)33(11-1)55-27-17-19-29-31(25-27)41(49-37-15-5-9-23-45-37)53-51-39(29)47-35-13-3-7-21-43-35/h1-26H,(H,43,47,51)(H,44,48,52)(H,45,49,53)(H,46,50,54). The summed E-state index contributed by atoms with van der Waals surface area (Å²) in [5, 5.41) is 34.2. The number of hydrogen-bond donors (Lipinski definition) is 4. The molecular formula is C42H30N12O2. The molecule has 0 saturated carbocycles. The topological polar surface area (TPSA) is 170 Å². The van der Waals surface area contributed by atoms with Gasteiger partial charge in [-0.1, -0.05) is 36.4 Å². The number of nitrogens with zero attached hydrogens (tertiary/aromatic N) is 8. The molecule has 0 bridgehead atoms. The maximum absolute atomic E-state index is 6.52. The fourth-order valence-corrected chi connectivity index (χ4v) is 5.87. The lowest BCUT2D eigenvalue weighted by Gasteiger charge is -2.16. The van der Waals surface area contributed by atoms with Gasteiger partial charge in [0.05, 0.1) is 0 Å². The van der Waals surface area contributed by atoms with Crippen molar-refractivity contribution in [2.75, 3.05) is 21.3 Å². The highest BCUT2D eigenvalue weighted by molar-refractivity contribution is 6.01. The van der Waals surface area contributed by atoms with Crippen LogP contribution in [0.25, 0.3) is 21.5 Å². The Labute approximate surface area is 319 Å². The molecule has 4 N–H and O–H groups in total. The molecule has 0 saturated heterocycles. The summed E-state index contributed by atoms with van der Waals surface area (Å²) in [6.45, 7) is 0. The highest BCUT2D eigenvalue weighted by atomic mass is 16.5. The monoisotopic (exact) mass is 734 g/mol. The van der Waals surface area contributed by atoms with E-state index in [4.69, 9.17) is 9.47 Å². The summed E-state index contributed by atoms with van der Waals surface area (Å²) in [7, 11) is 0. The molecule has 9 aromatic rings. The fourth-order valence-electron chi connectivity index (χ4n) is 5.87. The highest BCUT2D eigenvalue weighted by Crippen LogP contribution is 2.39. The largest absolute Gasteiger partial charge is 0.453 e. The molecule has 0 atom stereocenters. The molecular weight excluding hydrogens is 705 g/mol. The maximum atomic E-state index is 6.52. The summed E-state index contributed by atoms with van der Waals surface area (Å²) in [5.41, 5.74) is 0. The van der Waals surface area contributed by atoms with E-state index in [1.807, 2.05) is 133 Å². The summed E-state index contributed by atoms with van der Waals surface area (Å²) in [4.78, 5) is 17.6. The maximum Gasteiger partial charge on any atom is 0.169 e. The van der Waals surface area contributed by atoms with E-state index in [0.29, 0.717) is 69.5 Å². The van der Waals surface area contributed by atoms with Crippen molar-refractivity contribution in [1.82, 2.24) is 40.3 Å². The first-order chi connectivity index (χ1) is 27.7. The second-order valence-corrected chi connectivity index (χ2v) is 12.2. The number of nitrogens with one attached hydrogen (secondary N) is 4. The lowest BCUT2D eigenvalue weighted by Crippen LogP contribution is -2.03. The van der Waals surface area contributed by atoms with Crippen molar-refractivity contribution in [2.24, 2.45) is 0 Å². The minimum atomic E-state index is 0.497. The van der Waals surface area contributed by atoms with Gasteiger partial charge < -0.3 is 30.7 Å². The summed E-state index contributed by atoms with van der Waals surface area (Å²) in [6, 6.07) is 41.3. The molecule has 270 valence electrons. The van der Waals surface area contributed by atoms with Crippen molar-refractivity contribution < 1.29 is 9.47 Å². The zero-order valence-electron chi connectivity index (χ0n) is 29.4. The molecule has 56 heavy (non-hydrogen) atoms. The zero-order chi connectivity index (χ0) is 37.5. The number of para-hydroxylation sites is 2. The average molecular weight is 735 g/mol. The molecule has 0 unspecified atom stereocenters. The van der Waals surface area contributed by atoms with Crippen molar-refractivity contribution >= 4 is 68.1 Å². The molecule has 6 aromatic heterocycles. The number of pyridine rings is 4. The smallest absolute Gasteiger partial charge is 0.169 e. The number of fused-ring (bicyclic) bond motifs is 2. The van der Waals surface area contributed by atoms with Crippen molar-refractivity contribution in [3.63, 3.8) is 0 Å². The second-order valence-electron chi connectivity index (χ2n) is 12.2. The summed E-state index contributed by atoms with van der Waals surface area (Å²) < 4.78 is 13.0. The number of rotatable bonds is 12. The van der Waals surface area contributed by atoms with Crippen LogP contribution < -0.4 is 30.7 Å². The number of ether oxygens (including phenoxy) is 2. The Balaban J connectivity index is 1.05. The quantitative estimate of drug-likeness (QED) is 0.0935. The Morgan fingerprint density at radius 2 is 0.643 bits per heavy atom. The minimum Gasteiger partial charge on any atom is -0.453 e. The number of anilines is 8. The van der Waals surface area contributed by atoms with E-state index >= 15 is 0 Å². The Hall–Kier alpha value is -8.26. The lowest BCUT2D eigenvalue weighted by molar-refractivity contribution is 0.419. The van der Waals surface area contributed by atoms with E-state index < -0.39 is 0 Å². The van der Waals surface area contributed by atoms with Gasteiger partial charge in [-0.3, -0.25) is 0 Å². The van der Waals surface area contributed by atoms with Crippen molar-refractivity contribution in [2.45, 2.75) is 0 Å². The van der Waals surface area contributed by atoms with Gasteiger partial charge in [0.25, 0.3) is 0 Å². The third-order valence-corrected chi connectivity index (χ3v) is 8.45. The molecule has 0 aliphatic carbocycles. The van der Waals surface area contributed by atoms with Crippen molar-refractivity contribution in [1.29, 1.82) is 0 Å². The molecule has 9 rings (SSSR count). The summed E-state index contributed by atoms with van der Waals surface area (Å²) in [5.74, 6) is 6.71. The molecule has 0 spiro atoms. The third-order valence-electron chi connectivity index (χ3n) is 8.45. The van der Waals surface area contributed by atoms with Gasteiger partial charge in [-0.2, -0.15) is 0 Å². The molecule has 0 radical (unpaired) electrons. The SMILES string of the molecule is c1ccc(Nc2nnc(Nc3ccccn3)c3cc(Oc4ccccc4Oc4ccc5c(Nc6ccccn6)nnc(Nc6ccccn6)c5c4)ccc23)nc1. The number of hydrogen-bond acceptors (Lipinski definition) is 14. The number of aromatic nitrogens is 8. The molecule has 14 heteroatoms. The molecule has 14 nitrogen and oxygen atoms in total. The van der Waals surface area contributed by atoms with Crippen LogP contribution in [0.3, 0.4) is 0 Å². The Kier molecular flexibility index (Phi) is 9.22. The van der Waals surface area contributed by atoms with Crippen molar-refractivity contribution in [3.05, 3.63) is 158 Å². The minimum absolute atomic E-state index is 0.497. The van der Waals surface area contributed by atoms with Gasteiger partial charge in [0.1, 0.15) is 34.8 Å². The van der Waals surface area contributed by atoms with Crippen LogP contribution in [0, 0.1) is 0 Å². The van der Waals surface area contributed by atoms with Gasteiger partial charge in [0.2, 0.25) is 0 Å². The van der Waals surface area contributed by atoms with E-state index in [0.717, 1.165) is 21.5 Å². The van der Waals surface area contributed by atoms with E-state index in [1.54, 1.807) is 24.8 Å². The van der Waals surface area contributed by atoms with Gasteiger partial charge in [0, 0.05) is 46.3 Å². The molecule has 0 amide bonds. The summed E-state index contributed by atoms with van der Waals surface area (Å²) >= 11 is 0. The van der Waals surface area contributed by atoms with Gasteiger partial charge in [-0.25, -0.2) is 19.9 Å². The normalized spacial score (nSPS) is 10.9. The van der Waals surface area contributed by atoms with Gasteiger partial charge in [0.15, 0.2) is 34.8 Å². The second kappa shape index (κ2) is 15.4. The van der Waals surface area contributed by atoms with Crippen LogP contribution in [0.4, 0.5) is 46.5 Å². The van der Waals surface area contributed by atoms with Crippen LogP contribution in [0.5, 0.6) is 23.0 Å². The lowest BCUT2D eigenvalue weighted by atomic mass is 10.1. The number of benzene rings is 3. The first kappa shape index (κ1) is 33.6. The first-order valence-corrected chi connectivity index (χ1v) is 17.5. The van der Waals surface area contributed by atoms with Crippen LogP contribution in [0.15, 0.2) is 158 Å². The first-order valence-electron chi connectivity index (χ1n) is 17.5. The predicted molar refractivity (Wildman–Crippen MR) is 216 cm³/mol. The highest BCUT2D eigenvalue weighted by Gasteiger charge is 2.16. The Morgan fingerprint density at radius 1 is 0.321 bits per heavy atom. The molecule has 0 aliphatic rings. The molecule has 3 aromatic carbocycles. The van der Waals surface area contributed by atoms with E-state index in [2.05, 4.69) is 61.6 Å². The van der Waals surface area contributed by atoms with Gasteiger partial charge >= 0.3 is 0 Å². The van der Waals surface area contributed by atoms with Crippen LogP contribution in [0.1, 0.15) is 0 Å². The average Bonchev–Trinajstić information content (AvgIpc) is 3.25. The molecule has 0 fully saturated rings. The van der Waals surface area contributed by atoms with Gasteiger partial charge in [-0.05, 0) is 97.1 Å². The fraction of sp³-hybridized carbons (Fsp3) is 0.